The largest absolute Gasteiger partial charge is 0.347 e. The highest BCUT2D eigenvalue weighted by atomic mass is 32.2. The maximum absolute atomic E-state index is 12.0. The predicted octanol–water partition coefficient (Wildman–Crippen LogP) is 3.07. The first-order chi connectivity index (χ1) is 10.7. The zero-order valence-electron chi connectivity index (χ0n) is 12.4. The van der Waals surface area contributed by atoms with Gasteiger partial charge in [-0.3, -0.25) is 4.79 Å². The number of rotatable bonds is 4. The summed E-state index contributed by atoms with van der Waals surface area (Å²) >= 11 is 3.59. The molecule has 0 saturated heterocycles. The molecule has 1 aliphatic carbocycles. The number of thioether (sulfide) groups is 1. The molecule has 1 fully saturated rings. The molecule has 1 saturated carbocycles. The molecule has 0 bridgehead atoms. The number of carbonyl (C=O) groups is 1. The lowest BCUT2D eigenvalue weighted by Gasteiger charge is -2.28. The number of amides is 1. The fourth-order valence-corrected chi connectivity index (χ4v) is 4.81. The summed E-state index contributed by atoms with van der Waals surface area (Å²) in [6.07, 6.45) is 7.38. The van der Waals surface area contributed by atoms with Gasteiger partial charge in [0.05, 0.1) is 0 Å². The second-order valence-corrected chi connectivity index (χ2v) is 7.80. The number of aryl methyl sites for hydroxylation is 1. The molecule has 1 aliphatic rings. The molecule has 2 aromatic heterocycles. The maximum Gasteiger partial charge on any atom is 0.289 e. The molecule has 2 aromatic rings. The van der Waals surface area contributed by atoms with Crippen LogP contribution >= 0.6 is 23.1 Å². The Hall–Kier alpha value is -1.47. The molecule has 0 aliphatic heterocycles. The van der Waals surface area contributed by atoms with Crippen LogP contribution in [0.1, 0.15) is 42.0 Å². The Labute approximate surface area is 138 Å². The van der Waals surface area contributed by atoms with Crippen molar-refractivity contribution in [3.8, 4) is 0 Å². The number of hydrogen-bond acceptors (Lipinski definition) is 6. The van der Waals surface area contributed by atoms with E-state index in [1.807, 2.05) is 18.7 Å². The SMILES string of the molecule is Cc1csc(SC2CCC(NC(=O)c3ncccn3)CC2)n1. The van der Waals surface area contributed by atoms with Gasteiger partial charge in [0.15, 0.2) is 0 Å². The zero-order chi connectivity index (χ0) is 15.4. The van der Waals surface area contributed by atoms with Gasteiger partial charge in [-0.15, -0.1) is 11.3 Å². The normalized spacial score (nSPS) is 21.5. The van der Waals surface area contributed by atoms with Gasteiger partial charge in [0.2, 0.25) is 5.82 Å². The van der Waals surface area contributed by atoms with E-state index in [0.717, 1.165) is 35.7 Å². The van der Waals surface area contributed by atoms with Crippen LogP contribution in [0.15, 0.2) is 28.2 Å². The third-order valence-corrected chi connectivity index (χ3v) is 6.07. The highest BCUT2D eigenvalue weighted by Crippen LogP contribution is 2.35. The molecule has 0 atom stereocenters. The van der Waals surface area contributed by atoms with E-state index in [0.29, 0.717) is 5.25 Å². The Morgan fingerprint density at radius 2 is 2.00 bits per heavy atom. The first kappa shape index (κ1) is 15.4. The molecule has 1 N–H and O–H groups in total. The van der Waals surface area contributed by atoms with E-state index in [1.165, 1.54) is 0 Å². The fraction of sp³-hybridized carbons (Fsp3) is 0.467. The summed E-state index contributed by atoms with van der Waals surface area (Å²) in [5.74, 6) is 0.0736. The zero-order valence-corrected chi connectivity index (χ0v) is 14.0. The van der Waals surface area contributed by atoms with Crippen molar-refractivity contribution >= 4 is 29.0 Å². The average Bonchev–Trinajstić information content (AvgIpc) is 2.95. The lowest BCUT2D eigenvalue weighted by atomic mass is 9.95. The number of hydrogen-bond donors (Lipinski definition) is 1. The molecule has 7 heteroatoms. The number of nitrogens with zero attached hydrogens (tertiary/aromatic N) is 3. The minimum Gasteiger partial charge on any atom is -0.347 e. The molecule has 5 nitrogen and oxygen atoms in total. The topological polar surface area (TPSA) is 67.8 Å². The maximum atomic E-state index is 12.0. The minimum absolute atomic E-state index is 0.174. The highest BCUT2D eigenvalue weighted by molar-refractivity contribution is 8.01. The van der Waals surface area contributed by atoms with Crippen LogP contribution in [0.4, 0.5) is 0 Å². The van der Waals surface area contributed by atoms with Gasteiger partial charge >= 0.3 is 0 Å². The molecular weight excluding hydrogens is 316 g/mol. The number of aromatic nitrogens is 3. The fourth-order valence-electron chi connectivity index (χ4n) is 2.52. The lowest BCUT2D eigenvalue weighted by molar-refractivity contribution is 0.0917. The molecule has 1 amide bonds. The first-order valence-electron chi connectivity index (χ1n) is 7.37. The average molecular weight is 334 g/mol. The number of thiazole rings is 1. The lowest BCUT2D eigenvalue weighted by Crippen LogP contribution is -2.38. The Morgan fingerprint density at radius 1 is 1.27 bits per heavy atom. The second-order valence-electron chi connectivity index (χ2n) is 5.39. The van der Waals surface area contributed by atoms with E-state index < -0.39 is 0 Å². The Kier molecular flexibility index (Phi) is 5.04. The third kappa shape index (κ3) is 4.04. The second kappa shape index (κ2) is 7.19. The monoisotopic (exact) mass is 334 g/mol. The van der Waals surface area contributed by atoms with E-state index in [4.69, 9.17) is 0 Å². The van der Waals surface area contributed by atoms with Gasteiger partial charge in [0.25, 0.3) is 5.91 Å². The van der Waals surface area contributed by atoms with Crippen LogP contribution in [0, 0.1) is 6.92 Å². The molecular formula is C15H18N4OS2. The smallest absolute Gasteiger partial charge is 0.289 e. The van der Waals surface area contributed by atoms with Crippen molar-refractivity contribution in [3.05, 3.63) is 35.4 Å². The Balaban J connectivity index is 1.46. The van der Waals surface area contributed by atoms with Crippen molar-refractivity contribution in [2.75, 3.05) is 0 Å². The van der Waals surface area contributed by atoms with E-state index in [1.54, 1.807) is 29.8 Å². The van der Waals surface area contributed by atoms with Crippen molar-refractivity contribution in [3.63, 3.8) is 0 Å². The van der Waals surface area contributed by atoms with Crippen LogP contribution in [0.2, 0.25) is 0 Å². The van der Waals surface area contributed by atoms with E-state index in [9.17, 15) is 4.79 Å². The van der Waals surface area contributed by atoms with Crippen molar-refractivity contribution in [2.24, 2.45) is 0 Å². The summed E-state index contributed by atoms with van der Waals surface area (Å²) in [6.45, 7) is 2.03. The van der Waals surface area contributed by atoms with Crippen molar-refractivity contribution < 1.29 is 4.79 Å². The van der Waals surface area contributed by atoms with Crippen LogP contribution in [0.5, 0.6) is 0 Å². The molecule has 3 rings (SSSR count). The molecule has 0 spiro atoms. The Morgan fingerprint density at radius 3 is 2.64 bits per heavy atom. The van der Waals surface area contributed by atoms with Crippen LogP contribution in [-0.4, -0.2) is 32.2 Å². The summed E-state index contributed by atoms with van der Waals surface area (Å²) in [6, 6.07) is 1.94. The van der Waals surface area contributed by atoms with Crippen LogP contribution in [0.25, 0.3) is 0 Å². The van der Waals surface area contributed by atoms with Crippen LogP contribution in [0.3, 0.4) is 0 Å². The number of carbonyl (C=O) groups excluding carboxylic acids is 1. The molecule has 0 aromatic carbocycles. The van der Waals surface area contributed by atoms with Crippen LogP contribution < -0.4 is 5.32 Å². The number of nitrogens with one attached hydrogen (secondary N) is 1. The van der Waals surface area contributed by atoms with E-state index in [2.05, 4.69) is 25.6 Å². The van der Waals surface area contributed by atoms with Gasteiger partial charge in [-0.2, -0.15) is 0 Å². The molecule has 116 valence electrons. The highest BCUT2D eigenvalue weighted by Gasteiger charge is 2.24. The van der Waals surface area contributed by atoms with Crippen LogP contribution in [-0.2, 0) is 0 Å². The van der Waals surface area contributed by atoms with Crippen molar-refractivity contribution in [1.82, 2.24) is 20.3 Å². The van der Waals surface area contributed by atoms with Crippen molar-refractivity contribution in [1.29, 1.82) is 0 Å². The summed E-state index contributed by atoms with van der Waals surface area (Å²) in [7, 11) is 0. The first-order valence-corrected chi connectivity index (χ1v) is 9.13. The summed E-state index contributed by atoms with van der Waals surface area (Å²) < 4.78 is 1.16. The predicted molar refractivity (Wildman–Crippen MR) is 88.3 cm³/mol. The minimum atomic E-state index is -0.174. The molecule has 22 heavy (non-hydrogen) atoms. The van der Waals surface area contributed by atoms with Gasteiger partial charge < -0.3 is 5.32 Å². The van der Waals surface area contributed by atoms with Gasteiger partial charge in [-0.05, 0) is 38.7 Å². The van der Waals surface area contributed by atoms with E-state index >= 15 is 0 Å². The summed E-state index contributed by atoms with van der Waals surface area (Å²) in [5.41, 5.74) is 1.09. The third-order valence-electron chi connectivity index (χ3n) is 3.64. The van der Waals surface area contributed by atoms with Gasteiger partial charge in [-0.1, -0.05) is 11.8 Å². The van der Waals surface area contributed by atoms with E-state index in [-0.39, 0.29) is 17.8 Å². The molecule has 0 unspecified atom stereocenters. The quantitative estimate of drug-likeness (QED) is 0.930. The molecule has 2 heterocycles. The summed E-state index contributed by atoms with van der Waals surface area (Å²) in [4.78, 5) is 24.5. The van der Waals surface area contributed by atoms with Gasteiger partial charge in [0.1, 0.15) is 4.34 Å². The van der Waals surface area contributed by atoms with Crippen molar-refractivity contribution in [2.45, 2.75) is 48.2 Å². The van der Waals surface area contributed by atoms with Gasteiger partial charge in [0, 0.05) is 34.8 Å². The summed E-state index contributed by atoms with van der Waals surface area (Å²) in [5, 5.41) is 5.73. The van der Waals surface area contributed by atoms with Gasteiger partial charge in [-0.25, -0.2) is 15.0 Å². The standard InChI is InChI=1S/C15H18N4OS2/c1-10-9-21-15(18-10)22-12-5-3-11(4-6-12)19-14(20)13-16-7-2-8-17-13/h2,7-9,11-12H,3-6H2,1H3,(H,19,20). The molecule has 0 radical (unpaired) electrons. The Bertz CT molecular complexity index is 623.